The van der Waals surface area contributed by atoms with E-state index in [1.165, 1.54) is 0 Å². The number of allylic oxidation sites excluding steroid dienone is 1. The van der Waals surface area contributed by atoms with Gasteiger partial charge in [0.25, 0.3) is 0 Å². The first-order chi connectivity index (χ1) is 13.3. The third-order valence-corrected chi connectivity index (χ3v) is 4.73. The van der Waals surface area contributed by atoms with Gasteiger partial charge in [0, 0.05) is 16.8 Å². The summed E-state index contributed by atoms with van der Waals surface area (Å²) in [4.78, 5) is 11.9. The van der Waals surface area contributed by atoms with Gasteiger partial charge in [0.05, 0.1) is 0 Å². The second-order valence-electron chi connectivity index (χ2n) is 6.45. The van der Waals surface area contributed by atoms with Crippen molar-refractivity contribution in [2.75, 3.05) is 5.73 Å². The van der Waals surface area contributed by atoms with E-state index in [1.54, 1.807) is 0 Å². The molecule has 0 spiro atoms. The van der Waals surface area contributed by atoms with Crippen LogP contribution >= 0.6 is 0 Å². The highest BCUT2D eigenvalue weighted by Gasteiger charge is 2.11. The molecule has 2 aromatic carbocycles. The molecule has 0 aliphatic heterocycles. The highest BCUT2D eigenvalue weighted by molar-refractivity contribution is 6.16. The molecule has 27 heavy (non-hydrogen) atoms. The summed E-state index contributed by atoms with van der Waals surface area (Å²) in [5.74, 6) is 0. The topological polar surface area (TPSA) is 43.1 Å². The first-order valence-electron chi connectivity index (χ1n) is 8.86. The van der Waals surface area contributed by atoms with Gasteiger partial charge in [-0.2, -0.15) is 0 Å². The Bertz CT molecular complexity index is 1100. The van der Waals surface area contributed by atoms with E-state index in [0.717, 1.165) is 39.7 Å². The Labute approximate surface area is 158 Å². The van der Waals surface area contributed by atoms with Gasteiger partial charge in [0.15, 0.2) is 6.29 Å². The zero-order valence-electron chi connectivity index (χ0n) is 14.8. The van der Waals surface area contributed by atoms with E-state index >= 15 is 0 Å². The number of rotatable bonds is 4. The van der Waals surface area contributed by atoms with Gasteiger partial charge >= 0.3 is 0 Å². The van der Waals surface area contributed by atoms with Gasteiger partial charge in [0.2, 0.25) is 0 Å². The fraction of sp³-hybridized carbons (Fsp3) is 0. The van der Waals surface area contributed by atoms with Crippen LogP contribution in [-0.4, -0.2) is 6.29 Å². The van der Waals surface area contributed by atoms with E-state index in [1.807, 2.05) is 78.9 Å². The molecule has 0 radical (unpaired) electrons. The van der Waals surface area contributed by atoms with Crippen LogP contribution in [0.5, 0.6) is 0 Å². The Morgan fingerprint density at radius 2 is 1.37 bits per heavy atom. The highest BCUT2D eigenvalue weighted by Crippen LogP contribution is 2.32. The predicted molar refractivity (Wildman–Crippen MR) is 113 cm³/mol. The summed E-state index contributed by atoms with van der Waals surface area (Å²) in [7, 11) is 0. The number of fused-ring (bicyclic) bond motifs is 1. The number of carbonyl (C=O) groups excluding carboxylic acids is 1. The number of nitrogen functional groups attached to an aromatic ring is 1. The summed E-state index contributed by atoms with van der Waals surface area (Å²) in [6.07, 6.45) is 2.79. The Balaban J connectivity index is 1.81. The average molecular weight is 349 g/mol. The molecule has 0 bridgehead atoms. The predicted octanol–water partition coefficient (Wildman–Crippen LogP) is 5.78. The molecule has 2 aromatic rings. The van der Waals surface area contributed by atoms with Crippen molar-refractivity contribution in [3.63, 3.8) is 0 Å². The molecule has 2 heteroatoms. The molecule has 2 aliphatic carbocycles. The Morgan fingerprint density at radius 1 is 0.704 bits per heavy atom. The van der Waals surface area contributed by atoms with Crippen molar-refractivity contribution >= 4 is 23.6 Å². The molecule has 0 aromatic heterocycles. The van der Waals surface area contributed by atoms with Gasteiger partial charge in [-0.05, 0) is 46.0 Å². The number of aldehydes is 1. The normalized spacial score (nSPS) is 11.5. The second kappa shape index (κ2) is 7.30. The number of nitrogens with two attached hydrogens (primary N) is 1. The van der Waals surface area contributed by atoms with Gasteiger partial charge < -0.3 is 5.73 Å². The molecule has 0 fully saturated rings. The quantitative estimate of drug-likeness (QED) is 0.288. The van der Waals surface area contributed by atoms with Crippen LogP contribution in [0.1, 0.15) is 11.1 Å². The monoisotopic (exact) mass is 349 g/mol. The number of benzene rings is 2. The molecule has 0 saturated carbocycles. The summed E-state index contributed by atoms with van der Waals surface area (Å²) in [5.41, 5.74) is 13.5. The first kappa shape index (κ1) is 16.8. The molecule has 0 unspecified atom stereocenters. The van der Waals surface area contributed by atoms with Crippen LogP contribution in [0.4, 0.5) is 5.69 Å². The van der Waals surface area contributed by atoms with Crippen LogP contribution in [-0.2, 0) is 4.79 Å². The zero-order chi connectivity index (χ0) is 18.6. The van der Waals surface area contributed by atoms with Crippen LogP contribution in [0.25, 0.3) is 33.9 Å². The number of hydrogen-bond donors (Lipinski definition) is 1. The van der Waals surface area contributed by atoms with E-state index < -0.39 is 0 Å². The molecule has 2 aliphatic rings. The van der Waals surface area contributed by atoms with E-state index in [9.17, 15) is 4.79 Å². The summed E-state index contributed by atoms with van der Waals surface area (Å²) in [6, 6.07) is 30.1. The molecule has 130 valence electrons. The Morgan fingerprint density at radius 3 is 2.11 bits per heavy atom. The Hall–Kier alpha value is -3.65. The molecule has 0 heterocycles. The highest BCUT2D eigenvalue weighted by atomic mass is 16.1. The molecule has 2 N–H and O–H groups in total. The first-order valence-corrected chi connectivity index (χ1v) is 8.86. The van der Waals surface area contributed by atoms with E-state index in [-0.39, 0.29) is 0 Å². The van der Waals surface area contributed by atoms with Crippen molar-refractivity contribution in [3.8, 4) is 22.3 Å². The van der Waals surface area contributed by atoms with E-state index in [0.29, 0.717) is 11.3 Å². The molecule has 0 amide bonds. The van der Waals surface area contributed by atoms with Crippen molar-refractivity contribution in [2.45, 2.75) is 0 Å². The third kappa shape index (κ3) is 3.38. The number of hydrogen-bond acceptors (Lipinski definition) is 2. The van der Waals surface area contributed by atoms with Crippen molar-refractivity contribution < 1.29 is 4.79 Å². The largest absolute Gasteiger partial charge is 0.398 e. The summed E-state index contributed by atoms with van der Waals surface area (Å²) in [6.45, 7) is 0. The maximum absolute atomic E-state index is 11.9. The maximum atomic E-state index is 11.9. The average Bonchev–Trinajstić information content (AvgIpc) is 2.93. The van der Waals surface area contributed by atoms with Crippen molar-refractivity contribution in [3.05, 3.63) is 102 Å². The minimum atomic E-state index is 0.573. The molecule has 0 saturated heterocycles. The van der Waals surface area contributed by atoms with Crippen molar-refractivity contribution in [1.82, 2.24) is 0 Å². The SMILES string of the molecule is Nc1ccc(-c2ccccc2)cc1/C(C=O)=C/c1ccc2cccccc1-2. The summed E-state index contributed by atoms with van der Waals surface area (Å²) < 4.78 is 0. The van der Waals surface area contributed by atoms with E-state index in [4.69, 9.17) is 5.73 Å². The van der Waals surface area contributed by atoms with Crippen molar-refractivity contribution in [2.24, 2.45) is 0 Å². The standard InChI is InChI=1S/C25H19NO/c26-25-14-13-20(18-7-3-1-4-8-18)16-24(25)22(17-27)15-21-12-11-19-9-5-2-6-10-23(19)21/h1-17H,26H2/b22-15+. The smallest absolute Gasteiger partial charge is 0.150 e. The maximum Gasteiger partial charge on any atom is 0.150 e. The van der Waals surface area contributed by atoms with Gasteiger partial charge in [-0.25, -0.2) is 0 Å². The lowest BCUT2D eigenvalue weighted by molar-refractivity contribution is -0.103. The number of anilines is 1. The minimum absolute atomic E-state index is 0.573. The molecule has 2 nitrogen and oxygen atoms in total. The summed E-state index contributed by atoms with van der Waals surface area (Å²) in [5, 5.41) is 0. The van der Waals surface area contributed by atoms with Gasteiger partial charge in [-0.1, -0.05) is 78.9 Å². The molecular formula is C25H19NO. The Kier molecular flexibility index (Phi) is 4.54. The van der Waals surface area contributed by atoms with Crippen LogP contribution < -0.4 is 5.73 Å². The van der Waals surface area contributed by atoms with Gasteiger partial charge in [-0.3, -0.25) is 4.79 Å². The molecule has 0 atom stereocenters. The minimum Gasteiger partial charge on any atom is -0.398 e. The third-order valence-electron chi connectivity index (χ3n) is 4.73. The fourth-order valence-corrected chi connectivity index (χ4v) is 3.32. The van der Waals surface area contributed by atoms with Crippen molar-refractivity contribution in [1.29, 1.82) is 0 Å². The molecular weight excluding hydrogens is 330 g/mol. The van der Waals surface area contributed by atoms with Crippen LogP contribution in [0.15, 0.2) is 91.0 Å². The van der Waals surface area contributed by atoms with Crippen LogP contribution in [0.2, 0.25) is 0 Å². The van der Waals surface area contributed by atoms with E-state index in [2.05, 4.69) is 18.2 Å². The molecule has 4 rings (SSSR count). The lowest BCUT2D eigenvalue weighted by Crippen LogP contribution is -1.96. The number of carbonyl (C=O) groups is 1. The lowest BCUT2D eigenvalue weighted by atomic mass is 9.96. The summed E-state index contributed by atoms with van der Waals surface area (Å²) >= 11 is 0. The van der Waals surface area contributed by atoms with Crippen LogP contribution in [0, 0.1) is 0 Å². The van der Waals surface area contributed by atoms with Gasteiger partial charge in [-0.15, -0.1) is 0 Å². The second-order valence-corrected chi connectivity index (χ2v) is 6.45. The zero-order valence-corrected chi connectivity index (χ0v) is 14.8. The fourth-order valence-electron chi connectivity index (χ4n) is 3.32. The van der Waals surface area contributed by atoms with Gasteiger partial charge in [0.1, 0.15) is 0 Å². The van der Waals surface area contributed by atoms with Crippen LogP contribution in [0.3, 0.4) is 0 Å². The lowest BCUT2D eigenvalue weighted by Gasteiger charge is -2.09.